The van der Waals surface area contributed by atoms with Gasteiger partial charge in [0.15, 0.2) is 11.5 Å². The number of hydrogen-bond acceptors (Lipinski definition) is 6. The van der Waals surface area contributed by atoms with Crippen LogP contribution in [0.5, 0.6) is 17.2 Å². The van der Waals surface area contributed by atoms with Gasteiger partial charge in [-0.25, -0.2) is 0 Å². The van der Waals surface area contributed by atoms with Gasteiger partial charge in [0.1, 0.15) is 6.54 Å². The number of benzene rings is 1. The highest BCUT2D eigenvalue weighted by molar-refractivity contribution is 9.10. The summed E-state index contributed by atoms with van der Waals surface area (Å²) in [4.78, 5) is 28.6. The number of methoxy groups -OCH3 is 3. The monoisotopic (exact) mass is 479 g/mol. The van der Waals surface area contributed by atoms with Crippen LogP contribution in [0.3, 0.4) is 0 Å². The van der Waals surface area contributed by atoms with Gasteiger partial charge in [0.2, 0.25) is 11.7 Å². The van der Waals surface area contributed by atoms with E-state index < -0.39 is 0 Å². The summed E-state index contributed by atoms with van der Waals surface area (Å²) in [6.45, 7) is 3.40. The number of aromatic nitrogens is 1. The van der Waals surface area contributed by atoms with E-state index in [0.717, 1.165) is 23.1 Å². The molecule has 1 saturated heterocycles. The van der Waals surface area contributed by atoms with Crippen molar-refractivity contribution in [3.05, 3.63) is 50.9 Å². The molecule has 1 aliphatic heterocycles. The zero-order chi connectivity index (χ0) is 21.7. The van der Waals surface area contributed by atoms with Crippen LogP contribution in [0, 0.1) is 0 Å². The van der Waals surface area contributed by atoms with Gasteiger partial charge in [-0.2, -0.15) is 0 Å². The molecular weight excluding hydrogens is 454 g/mol. The highest BCUT2D eigenvalue weighted by Crippen LogP contribution is 2.40. The Morgan fingerprint density at radius 1 is 0.967 bits per heavy atom. The Morgan fingerprint density at radius 2 is 1.67 bits per heavy atom. The van der Waals surface area contributed by atoms with Crippen molar-refractivity contribution in [1.29, 1.82) is 0 Å². The molecule has 0 radical (unpaired) electrons. The maximum Gasteiger partial charge on any atom is 0.251 e. The Bertz CT molecular complexity index is 954. The maximum absolute atomic E-state index is 12.6. The van der Waals surface area contributed by atoms with Gasteiger partial charge in [0, 0.05) is 55.0 Å². The molecule has 1 aliphatic rings. The Hall–Kier alpha value is -2.52. The first-order chi connectivity index (χ1) is 14.5. The predicted octanol–water partition coefficient (Wildman–Crippen LogP) is 1.98. The van der Waals surface area contributed by atoms with Crippen molar-refractivity contribution in [1.82, 2.24) is 14.4 Å². The van der Waals surface area contributed by atoms with Crippen molar-refractivity contribution in [2.24, 2.45) is 0 Å². The first-order valence-electron chi connectivity index (χ1n) is 9.60. The number of carbonyl (C=O) groups excluding carboxylic acids is 1. The molecule has 2 heterocycles. The Labute approximate surface area is 184 Å². The van der Waals surface area contributed by atoms with Crippen LogP contribution >= 0.6 is 15.9 Å². The largest absolute Gasteiger partial charge is 0.493 e. The summed E-state index contributed by atoms with van der Waals surface area (Å²) in [5, 5.41) is 0. The van der Waals surface area contributed by atoms with Crippen molar-refractivity contribution in [3.63, 3.8) is 0 Å². The molecule has 0 spiro atoms. The fraction of sp³-hybridized carbons (Fsp3) is 0.429. The zero-order valence-corrected chi connectivity index (χ0v) is 19.0. The predicted molar refractivity (Wildman–Crippen MR) is 116 cm³/mol. The number of piperazine rings is 1. The lowest BCUT2D eigenvalue weighted by molar-refractivity contribution is -0.133. The minimum absolute atomic E-state index is 0.0434. The summed E-state index contributed by atoms with van der Waals surface area (Å²) in [6, 6.07) is 6.96. The summed E-state index contributed by atoms with van der Waals surface area (Å²) >= 11 is 3.33. The van der Waals surface area contributed by atoms with Gasteiger partial charge >= 0.3 is 0 Å². The van der Waals surface area contributed by atoms with E-state index in [0.29, 0.717) is 36.9 Å². The van der Waals surface area contributed by atoms with Crippen LogP contribution in [0.4, 0.5) is 0 Å². The van der Waals surface area contributed by atoms with Crippen LogP contribution in [0.25, 0.3) is 0 Å². The lowest BCUT2D eigenvalue weighted by atomic mass is 10.1. The molecule has 0 bridgehead atoms. The number of halogens is 1. The average Bonchev–Trinajstić information content (AvgIpc) is 2.76. The molecule has 9 heteroatoms. The van der Waals surface area contributed by atoms with Gasteiger partial charge in [0.05, 0.1) is 21.3 Å². The number of hydrogen-bond donors (Lipinski definition) is 0. The van der Waals surface area contributed by atoms with Gasteiger partial charge in [0.25, 0.3) is 5.56 Å². The van der Waals surface area contributed by atoms with Crippen LogP contribution in [-0.4, -0.2) is 67.8 Å². The second kappa shape index (κ2) is 9.99. The molecule has 1 amide bonds. The highest BCUT2D eigenvalue weighted by atomic mass is 79.9. The van der Waals surface area contributed by atoms with Crippen LogP contribution in [0.2, 0.25) is 0 Å². The van der Waals surface area contributed by atoms with Crippen molar-refractivity contribution in [3.8, 4) is 17.2 Å². The summed E-state index contributed by atoms with van der Waals surface area (Å²) in [6.07, 6.45) is 1.64. The second-order valence-electron chi connectivity index (χ2n) is 6.96. The summed E-state index contributed by atoms with van der Waals surface area (Å²) < 4.78 is 18.6. The fourth-order valence-corrected chi connectivity index (χ4v) is 3.93. The first-order valence-corrected chi connectivity index (χ1v) is 10.4. The van der Waals surface area contributed by atoms with Crippen molar-refractivity contribution in [2.75, 3.05) is 47.5 Å². The lowest BCUT2D eigenvalue weighted by Crippen LogP contribution is -2.49. The molecule has 0 aliphatic carbocycles. The van der Waals surface area contributed by atoms with Crippen molar-refractivity contribution >= 4 is 21.8 Å². The van der Waals surface area contributed by atoms with Crippen molar-refractivity contribution < 1.29 is 19.0 Å². The molecule has 0 atom stereocenters. The molecule has 3 rings (SSSR count). The molecule has 8 nitrogen and oxygen atoms in total. The van der Waals surface area contributed by atoms with Crippen molar-refractivity contribution in [2.45, 2.75) is 13.1 Å². The minimum atomic E-state index is -0.189. The molecule has 1 fully saturated rings. The van der Waals surface area contributed by atoms with Crippen LogP contribution in [0.15, 0.2) is 39.7 Å². The molecular formula is C21H26BrN3O5. The Kier molecular flexibility index (Phi) is 7.38. The van der Waals surface area contributed by atoms with E-state index >= 15 is 0 Å². The highest BCUT2D eigenvalue weighted by Gasteiger charge is 2.23. The molecule has 0 N–H and O–H groups in total. The van der Waals surface area contributed by atoms with Gasteiger partial charge in [-0.3, -0.25) is 14.5 Å². The van der Waals surface area contributed by atoms with Gasteiger partial charge in [-0.05, 0) is 28.1 Å². The number of ether oxygens (including phenoxy) is 3. The lowest BCUT2D eigenvalue weighted by Gasteiger charge is -2.35. The average molecular weight is 480 g/mol. The van der Waals surface area contributed by atoms with Crippen LogP contribution in [-0.2, 0) is 17.9 Å². The van der Waals surface area contributed by atoms with Crippen LogP contribution < -0.4 is 19.8 Å². The molecule has 30 heavy (non-hydrogen) atoms. The van der Waals surface area contributed by atoms with E-state index in [1.54, 1.807) is 38.5 Å². The number of amides is 1. The van der Waals surface area contributed by atoms with E-state index in [2.05, 4.69) is 20.8 Å². The summed E-state index contributed by atoms with van der Waals surface area (Å²) in [5.41, 5.74) is 0.807. The third-order valence-corrected chi connectivity index (χ3v) is 5.63. The Morgan fingerprint density at radius 3 is 2.30 bits per heavy atom. The van der Waals surface area contributed by atoms with E-state index in [1.807, 2.05) is 12.1 Å². The normalized spacial score (nSPS) is 14.5. The molecule has 1 aromatic carbocycles. The second-order valence-corrected chi connectivity index (χ2v) is 7.88. The Balaban J connectivity index is 1.61. The topological polar surface area (TPSA) is 73.2 Å². The maximum atomic E-state index is 12.6. The van der Waals surface area contributed by atoms with Crippen LogP contribution in [0.1, 0.15) is 5.56 Å². The number of pyridine rings is 1. The molecule has 162 valence electrons. The zero-order valence-electron chi connectivity index (χ0n) is 17.4. The molecule has 1 aromatic heterocycles. The summed E-state index contributed by atoms with van der Waals surface area (Å²) in [5.74, 6) is 1.80. The molecule has 0 saturated carbocycles. The molecule has 2 aromatic rings. The number of nitrogens with zero attached hydrogens (tertiary/aromatic N) is 3. The fourth-order valence-electron chi connectivity index (χ4n) is 3.56. The smallest absolute Gasteiger partial charge is 0.251 e. The van der Waals surface area contributed by atoms with E-state index in [-0.39, 0.29) is 18.0 Å². The first kappa shape index (κ1) is 22.2. The van der Waals surface area contributed by atoms with Gasteiger partial charge in [-0.1, -0.05) is 6.07 Å². The van der Waals surface area contributed by atoms with Gasteiger partial charge in [-0.15, -0.1) is 0 Å². The standard InChI is InChI=1S/C21H26BrN3O5/c1-28-17-6-4-15(20(29-2)21(17)30-3)12-23-8-10-24(11-9-23)19(27)14-25-13-16(22)5-7-18(25)26/h4-7,13H,8-12,14H2,1-3H3. The third kappa shape index (κ3) is 4.96. The minimum Gasteiger partial charge on any atom is -0.493 e. The third-order valence-electron chi connectivity index (χ3n) is 5.16. The molecule has 0 unspecified atom stereocenters. The van der Waals surface area contributed by atoms with E-state index in [1.165, 1.54) is 10.6 Å². The number of rotatable bonds is 7. The number of carbonyl (C=O) groups is 1. The van der Waals surface area contributed by atoms with E-state index in [4.69, 9.17) is 14.2 Å². The SMILES string of the molecule is COc1ccc(CN2CCN(C(=O)Cn3cc(Br)ccc3=O)CC2)c(OC)c1OC. The quantitative estimate of drug-likeness (QED) is 0.604. The summed E-state index contributed by atoms with van der Waals surface area (Å²) in [7, 11) is 4.79. The van der Waals surface area contributed by atoms with Gasteiger partial charge < -0.3 is 23.7 Å². The van der Waals surface area contributed by atoms with E-state index in [9.17, 15) is 9.59 Å².